The van der Waals surface area contributed by atoms with Crippen LogP contribution in [0, 0.1) is 5.92 Å². The molecule has 0 aliphatic heterocycles. The Morgan fingerprint density at radius 3 is 2.76 bits per heavy atom. The van der Waals surface area contributed by atoms with Gasteiger partial charge in [0.2, 0.25) is 5.88 Å². The number of methoxy groups -OCH3 is 1. The van der Waals surface area contributed by atoms with E-state index >= 15 is 0 Å². The van der Waals surface area contributed by atoms with Gasteiger partial charge in [-0.2, -0.15) is 0 Å². The maximum absolute atomic E-state index is 11.5. The Kier molecular flexibility index (Phi) is 5.26. The number of ether oxygens (including phenoxy) is 1. The van der Waals surface area contributed by atoms with E-state index < -0.39 is 0 Å². The zero-order valence-corrected chi connectivity index (χ0v) is 10.5. The summed E-state index contributed by atoms with van der Waals surface area (Å²) >= 11 is 0. The molecule has 0 spiro atoms. The van der Waals surface area contributed by atoms with Crippen LogP contribution in [-0.2, 0) is 0 Å². The van der Waals surface area contributed by atoms with Crippen molar-refractivity contribution in [3.8, 4) is 5.88 Å². The second-order valence-corrected chi connectivity index (χ2v) is 4.15. The smallest absolute Gasteiger partial charge is 0.319 e. The number of anilines is 1. The summed E-state index contributed by atoms with van der Waals surface area (Å²) in [5.41, 5.74) is 0.646. The number of aromatic nitrogens is 1. The molecule has 1 rings (SSSR count). The van der Waals surface area contributed by atoms with Crippen molar-refractivity contribution in [1.82, 2.24) is 10.3 Å². The van der Waals surface area contributed by atoms with E-state index in [1.807, 2.05) is 0 Å². The molecule has 0 aromatic carbocycles. The summed E-state index contributed by atoms with van der Waals surface area (Å²) in [6, 6.07) is 3.23. The standard InChI is InChI=1S/C12H19N3O2/c1-9(2)6-7-13-12(16)15-10-4-5-11(17-3)14-8-10/h4-5,8-9H,6-7H2,1-3H3,(H2,13,15,16). The second kappa shape index (κ2) is 6.73. The summed E-state index contributed by atoms with van der Waals surface area (Å²) < 4.78 is 4.93. The number of nitrogens with one attached hydrogen (secondary N) is 2. The average molecular weight is 237 g/mol. The number of pyridine rings is 1. The van der Waals surface area contributed by atoms with Crippen LogP contribution in [0.5, 0.6) is 5.88 Å². The van der Waals surface area contributed by atoms with E-state index in [0.29, 0.717) is 24.0 Å². The molecule has 0 unspecified atom stereocenters. The number of rotatable bonds is 5. The number of carbonyl (C=O) groups is 1. The fraction of sp³-hybridized carbons (Fsp3) is 0.500. The highest BCUT2D eigenvalue weighted by atomic mass is 16.5. The maximum Gasteiger partial charge on any atom is 0.319 e. The molecule has 1 heterocycles. The topological polar surface area (TPSA) is 63.2 Å². The molecule has 0 aliphatic carbocycles. The first-order valence-corrected chi connectivity index (χ1v) is 5.66. The molecule has 1 aromatic heterocycles. The van der Waals surface area contributed by atoms with Gasteiger partial charge in [0.1, 0.15) is 0 Å². The van der Waals surface area contributed by atoms with Crippen molar-refractivity contribution in [3.63, 3.8) is 0 Å². The van der Waals surface area contributed by atoms with Gasteiger partial charge in [-0.3, -0.25) is 0 Å². The van der Waals surface area contributed by atoms with Crippen molar-refractivity contribution in [2.75, 3.05) is 19.0 Å². The van der Waals surface area contributed by atoms with E-state index in [1.54, 1.807) is 25.4 Å². The molecule has 0 saturated heterocycles. The van der Waals surface area contributed by atoms with Crippen molar-refractivity contribution < 1.29 is 9.53 Å². The summed E-state index contributed by atoms with van der Waals surface area (Å²) in [5.74, 6) is 1.11. The van der Waals surface area contributed by atoms with Crippen LogP contribution < -0.4 is 15.4 Å². The van der Waals surface area contributed by atoms with Crippen molar-refractivity contribution in [3.05, 3.63) is 18.3 Å². The zero-order chi connectivity index (χ0) is 12.7. The van der Waals surface area contributed by atoms with Crippen LogP contribution in [0.25, 0.3) is 0 Å². The van der Waals surface area contributed by atoms with Crippen LogP contribution in [-0.4, -0.2) is 24.7 Å². The van der Waals surface area contributed by atoms with Crippen LogP contribution in [0.15, 0.2) is 18.3 Å². The molecule has 2 amide bonds. The first-order valence-electron chi connectivity index (χ1n) is 5.66. The van der Waals surface area contributed by atoms with Gasteiger partial charge in [-0.1, -0.05) is 13.8 Å². The third-order valence-electron chi connectivity index (χ3n) is 2.21. The Labute approximate surface area is 102 Å². The quantitative estimate of drug-likeness (QED) is 0.825. The number of hydrogen-bond donors (Lipinski definition) is 2. The lowest BCUT2D eigenvalue weighted by Crippen LogP contribution is -2.30. The Hall–Kier alpha value is -1.78. The Balaban J connectivity index is 2.34. The van der Waals surface area contributed by atoms with Gasteiger partial charge in [0.05, 0.1) is 19.0 Å². The van der Waals surface area contributed by atoms with Crippen LogP contribution in [0.4, 0.5) is 10.5 Å². The highest BCUT2D eigenvalue weighted by Gasteiger charge is 2.02. The minimum Gasteiger partial charge on any atom is -0.481 e. The van der Waals surface area contributed by atoms with Crippen LogP contribution >= 0.6 is 0 Å². The molecule has 0 aliphatic rings. The van der Waals surface area contributed by atoms with Crippen molar-refractivity contribution in [2.24, 2.45) is 5.92 Å². The van der Waals surface area contributed by atoms with E-state index in [1.165, 1.54) is 0 Å². The third kappa shape index (κ3) is 5.19. The number of hydrogen-bond acceptors (Lipinski definition) is 3. The molecule has 0 bridgehead atoms. The van der Waals surface area contributed by atoms with Gasteiger partial charge in [0, 0.05) is 12.6 Å². The van der Waals surface area contributed by atoms with E-state index in [2.05, 4.69) is 29.5 Å². The van der Waals surface area contributed by atoms with Gasteiger partial charge >= 0.3 is 6.03 Å². The molecule has 1 aromatic rings. The molecule has 0 atom stereocenters. The molecule has 94 valence electrons. The molecule has 5 heteroatoms. The van der Waals surface area contributed by atoms with Crippen LogP contribution in [0.1, 0.15) is 20.3 Å². The van der Waals surface area contributed by atoms with Crippen molar-refractivity contribution >= 4 is 11.7 Å². The monoisotopic (exact) mass is 237 g/mol. The molecule has 0 radical (unpaired) electrons. The Morgan fingerprint density at radius 2 is 2.24 bits per heavy atom. The first-order chi connectivity index (χ1) is 8.11. The lowest BCUT2D eigenvalue weighted by atomic mass is 10.1. The highest BCUT2D eigenvalue weighted by Crippen LogP contribution is 2.10. The SMILES string of the molecule is COc1ccc(NC(=O)NCCC(C)C)cn1. The molecule has 5 nitrogen and oxygen atoms in total. The molecular weight excluding hydrogens is 218 g/mol. The summed E-state index contributed by atoms with van der Waals surface area (Å²) in [5, 5.41) is 5.48. The first kappa shape index (κ1) is 13.3. The predicted octanol–water partition coefficient (Wildman–Crippen LogP) is 2.26. The molecular formula is C12H19N3O2. The van der Waals surface area contributed by atoms with Gasteiger partial charge < -0.3 is 15.4 Å². The lowest BCUT2D eigenvalue weighted by molar-refractivity contribution is 0.251. The number of amides is 2. The Morgan fingerprint density at radius 1 is 1.47 bits per heavy atom. The number of carbonyl (C=O) groups excluding carboxylic acids is 1. The lowest BCUT2D eigenvalue weighted by Gasteiger charge is -2.08. The largest absolute Gasteiger partial charge is 0.481 e. The second-order valence-electron chi connectivity index (χ2n) is 4.15. The van der Waals surface area contributed by atoms with E-state index in [0.717, 1.165) is 6.42 Å². The fourth-order valence-corrected chi connectivity index (χ4v) is 1.22. The highest BCUT2D eigenvalue weighted by molar-refractivity contribution is 5.88. The maximum atomic E-state index is 11.5. The minimum atomic E-state index is -0.211. The molecule has 17 heavy (non-hydrogen) atoms. The van der Waals surface area contributed by atoms with Gasteiger partial charge in [-0.15, -0.1) is 0 Å². The molecule has 0 saturated carbocycles. The molecule has 2 N–H and O–H groups in total. The fourth-order valence-electron chi connectivity index (χ4n) is 1.22. The summed E-state index contributed by atoms with van der Waals surface area (Å²) in [7, 11) is 1.55. The van der Waals surface area contributed by atoms with E-state index in [4.69, 9.17) is 4.74 Å². The summed E-state index contributed by atoms with van der Waals surface area (Å²) in [4.78, 5) is 15.5. The van der Waals surface area contributed by atoms with Crippen LogP contribution in [0.3, 0.4) is 0 Å². The summed E-state index contributed by atoms with van der Waals surface area (Å²) in [6.45, 7) is 4.91. The van der Waals surface area contributed by atoms with Gasteiger partial charge in [-0.05, 0) is 18.4 Å². The van der Waals surface area contributed by atoms with Crippen molar-refractivity contribution in [1.29, 1.82) is 0 Å². The average Bonchev–Trinajstić information content (AvgIpc) is 2.29. The zero-order valence-electron chi connectivity index (χ0n) is 10.5. The minimum absolute atomic E-state index is 0.211. The van der Waals surface area contributed by atoms with E-state index in [-0.39, 0.29) is 6.03 Å². The van der Waals surface area contributed by atoms with Crippen LogP contribution in [0.2, 0.25) is 0 Å². The van der Waals surface area contributed by atoms with Gasteiger partial charge in [0.15, 0.2) is 0 Å². The number of nitrogens with zero attached hydrogens (tertiary/aromatic N) is 1. The van der Waals surface area contributed by atoms with E-state index in [9.17, 15) is 4.79 Å². The predicted molar refractivity (Wildman–Crippen MR) is 67.3 cm³/mol. The number of urea groups is 1. The normalized spacial score (nSPS) is 10.1. The van der Waals surface area contributed by atoms with Crippen molar-refractivity contribution in [2.45, 2.75) is 20.3 Å². The third-order valence-corrected chi connectivity index (χ3v) is 2.21. The van der Waals surface area contributed by atoms with Gasteiger partial charge in [0.25, 0.3) is 0 Å². The molecule has 0 fully saturated rings. The Bertz CT molecular complexity index is 349. The summed E-state index contributed by atoms with van der Waals surface area (Å²) in [6.07, 6.45) is 2.52. The van der Waals surface area contributed by atoms with Gasteiger partial charge in [-0.25, -0.2) is 9.78 Å².